The molecule has 4 rings (SSSR count). The van der Waals surface area contributed by atoms with Crippen LogP contribution in [0.25, 0.3) is 11.1 Å². The van der Waals surface area contributed by atoms with Crippen molar-refractivity contribution in [3.63, 3.8) is 0 Å². The van der Waals surface area contributed by atoms with Crippen LogP contribution < -0.4 is 4.57 Å². The van der Waals surface area contributed by atoms with Crippen molar-refractivity contribution >= 4 is 17.3 Å². The van der Waals surface area contributed by atoms with Crippen LogP contribution in [-0.4, -0.2) is 22.2 Å². The molecule has 29 heavy (non-hydrogen) atoms. The van der Waals surface area contributed by atoms with Gasteiger partial charge in [-0.2, -0.15) is 0 Å². The highest BCUT2D eigenvalue weighted by atomic mass is 32.1. The Labute approximate surface area is 175 Å². The second kappa shape index (κ2) is 8.93. The number of aliphatic hydroxyl groups excluding tert-OH is 1. The summed E-state index contributed by atoms with van der Waals surface area (Å²) in [5.41, 5.74) is 1.86. The SMILES string of the molecule is Cc1n(CCCOC(=O)C(O)c2sccc2-c2ccccc2)cc[n+]1CC1CC1. The zero-order valence-corrected chi connectivity index (χ0v) is 17.5. The number of aromatic nitrogens is 2. The Hall–Kier alpha value is -2.44. The van der Waals surface area contributed by atoms with Gasteiger partial charge >= 0.3 is 5.97 Å². The number of carbonyl (C=O) groups is 1. The summed E-state index contributed by atoms with van der Waals surface area (Å²) in [6.45, 7) is 4.31. The van der Waals surface area contributed by atoms with E-state index in [2.05, 4.69) is 28.5 Å². The molecule has 1 aromatic carbocycles. The Bertz CT molecular complexity index is 960. The number of benzene rings is 1. The molecule has 0 amide bonds. The van der Waals surface area contributed by atoms with Crippen molar-refractivity contribution in [2.24, 2.45) is 5.92 Å². The van der Waals surface area contributed by atoms with Crippen molar-refractivity contribution in [1.29, 1.82) is 0 Å². The van der Waals surface area contributed by atoms with Crippen molar-refractivity contribution in [2.75, 3.05) is 6.61 Å². The van der Waals surface area contributed by atoms with E-state index < -0.39 is 12.1 Å². The Morgan fingerprint density at radius 1 is 1.31 bits per heavy atom. The molecular formula is C23H27N2O3S+. The Morgan fingerprint density at radius 2 is 2.10 bits per heavy atom. The highest BCUT2D eigenvalue weighted by molar-refractivity contribution is 7.10. The van der Waals surface area contributed by atoms with Crippen LogP contribution in [-0.2, 0) is 22.6 Å². The van der Waals surface area contributed by atoms with Crippen LogP contribution >= 0.6 is 11.3 Å². The molecule has 1 aliphatic carbocycles. The summed E-state index contributed by atoms with van der Waals surface area (Å²) in [7, 11) is 0. The van der Waals surface area contributed by atoms with Crippen LogP contribution in [0.15, 0.2) is 54.2 Å². The van der Waals surface area contributed by atoms with E-state index in [4.69, 9.17) is 4.74 Å². The predicted octanol–water partition coefficient (Wildman–Crippen LogP) is 3.89. The van der Waals surface area contributed by atoms with E-state index in [1.165, 1.54) is 30.0 Å². The molecule has 1 atom stereocenters. The number of imidazole rings is 1. The molecule has 0 bridgehead atoms. The number of esters is 1. The highest BCUT2D eigenvalue weighted by Gasteiger charge is 2.26. The maximum absolute atomic E-state index is 12.4. The summed E-state index contributed by atoms with van der Waals surface area (Å²) in [5.74, 6) is 1.49. The summed E-state index contributed by atoms with van der Waals surface area (Å²) >= 11 is 1.37. The number of thiophene rings is 1. The molecule has 3 aromatic rings. The van der Waals surface area contributed by atoms with Crippen molar-refractivity contribution in [2.45, 2.75) is 45.4 Å². The molecule has 2 heterocycles. The van der Waals surface area contributed by atoms with Gasteiger partial charge in [-0.25, -0.2) is 13.9 Å². The van der Waals surface area contributed by atoms with E-state index in [1.807, 2.05) is 41.8 Å². The minimum atomic E-state index is -1.25. The molecule has 1 saturated carbocycles. The summed E-state index contributed by atoms with van der Waals surface area (Å²) < 4.78 is 9.85. The normalized spacial score (nSPS) is 14.7. The third-order valence-electron chi connectivity index (χ3n) is 5.45. The van der Waals surface area contributed by atoms with E-state index >= 15 is 0 Å². The van der Waals surface area contributed by atoms with Gasteiger partial charge in [0.2, 0.25) is 0 Å². The van der Waals surface area contributed by atoms with Gasteiger partial charge in [-0.05, 0) is 41.3 Å². The molecule has 0 spiro atoms. The molecule has 1 N–H and O–H groups in total. The van der Waals surface area contributed by atoms with Crippen LogP contribution in [0, 0.1) is 12.8 Å². The maximum Gasteiger partial charge on any atom is 0.340 e. The fraction of sp³-hybridized carbons (Fsp3) is 0.391. The van der Waals surface area contributed by atoms with E-state index in [0.29, 0.717) is 17.9 Å². The van der Waals surface area contributed by atoms with Gasteiger partial charge in [0.1, 0.15) is 12.4 Å². The first-order valence-electron chi connectivity index (χ1n) is 10.2. The van der Waals surface area contributed by atoms with E-state index in [9.17, 15) is 9.90 Å². The Kier molecular flexibility index (Phi) is 6.11. The van der Waals surface area contributed by atoms with Gasteiger partial charge in [0.25, 0.3) is 5.82 Å². The molecule has 5 nitrogen and oxygen atoms in total. The standard InChI is InChI=1S/C23H27N2O3S/c1-17-24(12-13-25(17)16-18-8-9-18)11-5-14-28-23(27)21(26)22-20(10-15-29-22)19-6-3-2-4-7-19/h2-4,6-7,10,12-13,15,18,21,26H,5,8-9,11,14,16H2,1H3/q+1. The lowest BCUT2D eigenvalue weighted by atomic mass is 10.0. The number of hydrogen-bond donors (Lipinski definition) is 1. The molecule has 1 unspecified atom stereocenters. The first-order valence-corrected chi connectivity index (χ1v) is 11.0. The Morgan fingerprint density at radius 3 is 2.86 bits per heavy atom. The van der Waals surface area contributed by atoms with Gasteiger partial charge in [0, 0.05) is 13.3 Å². The second-order valence-corrected chi connectivity index (χ2v) is 8.57. The first-order chi connectivity index (χ1) is 14.1. The molecule has 1 aliphatic rings. The van der Waals surface area contributed by atoms with Crippen LogP contribution in [0.5, 0.6) is 0 Å². The van der Waals surface area contributed by atoms with Crippen molar-refractivity contribution < 1.29 is 19.2 Å². The van der Waals surface area contributed by atoms with Gasteiger partial charge in [0.05, 0.1) is 24.6 Å². The summed E-state index contributed by atoms with van der Waals surface area (Å²) in [4.78, 5) is 13.0. The largest absolute Gasteiger partial charge is 0.463 e. The lowest BCUT2D eigenvalue weighted by Crippen LogP contribution is -2.36. The third kappa shape index (κ3) is 4.77. The van der Waals surface area contributed by atoms with Crippen molar-refractivity contribution in [3.8, 4) is 11.1 Å². The molecule has 6 heteroatoms. The second-order valence-electron chi connectivity index (χ2n) is 7.62. The zero-order chi connectivity index (χ0) is 20.2. The van der Waals surface area contributed by atoms with Gasteiger partial charge < -0.3 is 9.84 Å². The quantitative estimate of drug-likeness (QED) is 0.330. The van der Waals surface area contributed by atoms with Crippen molar-refractivity contribution in [1.82, 2.24) is 4.57 Å². The predicted molar refractivity (Wildman–Crippen MR) is 112 cm³/mol. The number of nitrogens with zero attached hydrogens (tertiary/aromatic N) is 2. The van der Waals surface area contributed by atoms with E-state index in [1.54, 1.807) is 0 Å². The summed E-state index contributed by atoms with van der Waals surface area (Å²) in [6, 6.07) is 11.7. The van der Waals surface area contributed by atoms with E-state index in [0.717, 1.165) is 30.1 Å². The number of rotatable bonds is 9. The monoisotopic (exact) mass is 411 g/mol. The lowest BCUT2D eigenvalue weighted by Gasteiger charge is -2.11. The summed E-state index contributed by atoms with van der Waals surface area (Å²) in [6.07, 6.45) is 6.36. The van der Waals surface area contributed by atoms with Crippen LogP contribution in [0.2, 0.25) is 0 Å². The van der Waals surface area contributed by atoms with Crippen LogP contribution in [0.1, 0.15) is 36.1 Å². The number of ether oxygens (including phenoxy) is 1. The molecule has 0 radical (unpaired) electrons. The Balaban J connectivity index is 1.28. The number of hydrogen-bond acceptors (Lipinski definition) is 4. The highest BCUT2D eigenvalue weighted by Crippen LogP contribution is 2.33. The van der Waals surface area contributed by atoms with Crippen LogP contribution in [0.3, 0.4) is 0 Å². The molecular weight excluding hydrogens is 384 g/mol. The van der Waals surface area contributed by atoms with E-state index in [-0.39, 0.29) is 0 Å². The fourth-order valence-corrected chi connectivity index (χ4v) is 4.42. The van der Waals surface area contributed by atoms with Crippen molar-refractivity contribution in [3.05, 3.63) is 64.9 Å². The average molecular weight is 412 g/mol. The molecule has 2 aromatic heterocycles. The number of aliphatic hydroxyl groups is 1. The first kappa shape index (κ1) is 19.9. The maximum atomic E-state index is 12.4. The van der Waals surface area contributed by atoms with Gasteiger partial charge in [0.15, 0.2) is 6.10 Å². The van der Waals surface area contributed by atoms with Crippen LogP contribution in [0.4, 0.5) is 0 Å². The number of carbonyl (C=O) groups excluding carboxylic acids is 1. The smallest absolute Gasteiger partial charge is 0.340 e. The van der Waals surface area contributed by atoms with Gasteiger partial charge in [-0.3, -0.25) is 0 Å². The minimum absolute atomic E-state index is 0.294. The van der Waals surface area contributed by atoms with Gasteiger partial charge in [-0.1, -0.05) is 30.3 Å². The molecule has 0 saturated heterocycles. The van der Waals surface area contributed by atoms with Gasteiger partial charge in [-0.15, -0.1) is 11.3 Å². The molecule has 1 fully saturated rings. The minimum Gasteiger partial charge on any atom is -0.463 e. The molecule has 152 valence electrons. The lowest BCUT2D eigenvalue weighted by molar-refractivity contribution is -0.705. The third-order valence-corrected chi connectivity index (χ3v) is 6.42. The average Bonchev–Trinajstić information content (AvgIpc) is 3.31. The zero-order valence-electron chi connectivity index (χ0n) is 16.7. The number of aryl methyl sites for hydroxylation is 1. The topological polar surface area (TPSA) is 55.3 Å². The summed E-state index contributed by atoms with van der Waals surface area (Å²) in [5, 5.41) is 12.4. The fourth-order valence-electron chi connectivity index (χ4n) is 3.53. The molecule has 0 aliphatic heterocycles.